The number of ketones is 1. The molecule has 0 saturated heterocycles. The van der Waals surface area contributed by atoms with Crippen molar-refractivity contribution in [2.45, 2.75) is 123 Å². The van der Waals surface area contributed by atoms with Crippen LogP contribution in [0.25, 0.3) is 9.75 Å². The maximum absolute atomic E-state index is 14.1. The lowest BCUT2D eigenvalue weighted by molar-refractivity contribution is 0.0855. The number of Topliss-reactive ketones (excluding diaryl/α,β-unsaturated/α-hetero) is 1. The smallest absolute Gasteiger partial charge is 0.174 e. The van der Waals surface area contributed by atoms with Crippen LogP contribution >= 0.6 is 22.7 Å². The van der Waals surface area contributed by atoms with Crippen molar-refractivity contribution in [1.82, 2.24) is 0 Å². The van der Waals surface area contributed by atoms with Crippen LogP contribution < -0.4 is 0 Å². The third-order valence-corrected chi connectivity index (χ3v) is 9.29. The van der Waals surface area contributed by atoms with E-state index in [1.54, 1.807) is 0 Å². The molecule has 172 valence electrons. The molecule has 31 heavy (non-hydrogen) atoms. The van der Waals surface area contributed by atoms with E-state index in [2.05, 4.69) is 39.8 Å². The van der Waals surface area contributed by atoms with Gasteiger partial charge in [-0.15, -0.1) is 22.7 Å². The second-order valence-electron chi connectivity index (χ2n) is 9.65. The first-order valence-electron chi connectivity index (χ1n) is 12.8. The molecular weight excluding hydrogens is 416 g/mol. The van der Waals surface area contributed by atoms with Gasteiger partial charge in [0.1, 0.15) is 0 Å². The fraction of sp³-hybridized carbons (Fsp3) is 0.679. The van der Waals surface area contributed by atoms with Crippen LogP contribution in [-0.2, 0) is 5.41 Å². The van der Waals surface area contributed by atoms with Gasteiger partial charge in [-0.05, 0) is 44.4 Å². The van der Waals surface area contributed by atoms with Crippen LogP contribution in [0.4, 0.5) is 0 Å². The summed E-state index contributed by atoms with van der Waals surface area (Å²) in [5.74, 6) is 0.430. The van der Waals surface area contributed by atoms with Gasteiger partial charge < -0.3 is 0 Å². The number of thiophene rings is 2. The Morgan fingerprint density at radius 3 is 1.74 bits per heavy atom. The zero-order valence-electron chi connectivity index (χ0n) is 20.3. The first kappa shape index (κ1) is 24.7. The highest BCUT2D eigenvalue weighted by Crippen LogP contribution is 2.54. The average Bonchev–Trinajstić information content (AvgIpc) is 3.33. The third kappa shape index (κ3) is 5.71. The molecule has 3 heteroatoms. The lowest BCUT2D eigenvalue weighted by Crippen LogP contribution is -2.38. The van der Waals surface area contributed by atoms with Crippen LogP contribution in [0.1, 0.15) is 129 Å². The summed E-state index contributed by atoms with van der Waals surface area (Å²) in [7, 11) is 0. The molecule has 0 amide bonds. The van der Waals surface area contributed by atoms with Crippen molar-refractivity contribution in [3.63, 3.8) is 0 Å². The molecule has 0 aromatic carbocycles. The van der Waals surface area contributed by atoms with Crippen molar-refractivity contribution in [3.8, 4) is 9.75 Å². The second kappa shape index (κ2) is 11.8. The molecule has 3 rings (SSSR count). The number of fused-ring (bicyclic) bond motifs is 3. The van der Waals surface area contributed by atoms with E-state index in [9.17, 15) is 4.79 Å². The van der Waals surface area contributed by atoms with Crippen LogP contribution in [0.3, 0.4) is 0 Å². The van der Waals surface area contributed by atoms with Gasteiger partial charge in [-0.3, -0.25) is 4.79 Å². The van der Waals surface area contributed by atoms with E-state index in [0.29, 0.717) is 5.78 Å². The molecule has 0 aliphatic heterocycles. The van der Waals surface area contributed by atoms with Crippen molar-refractivity contribution >= 4 is 28.5 Å². The fourth-order valence-electron chi connectivity index (χ4n) is 5.31. The normalized spacial score (nSPS) is 14.6. The topological polar surface area (TPSA) is 17.1 Å². The summed E-state index contributed by atoms with van der Waals surface area (Å²) in [6.45, 7) is 8.92. The van der Waals surface area contributed by atoms with Crippen molar-refractivity contribution in [3.05, 3.63) is 33.0 Å². The molecule has 0 bridgehead atoms. The largest absolute Gasteiger partial charge is 0.293 e. The van der Waals surface area contributed by atoms with Crippen LogP contribution in [-0.4, -0.2) is 5.78 Å². The number of hydrogen-bond donors (Lipinski definition) is 0. The van der Waals surface area contributed by atoms with E-state index < -0.39 is 0 Å². The van der Waals surface area contributed by atoms with Crippen LogP contribution in [0.15, 0.2) is 12.1 Å². The Kier molecular flexibility index (Phi) is 9.40. The highest BCUT2D eigenvalue weighted by Gasteiger charge is 2.46. The molecule has 2 aromatic heterocycles. The highest BCUT2D eigenvalue weighted by molar-refractivity contribution is 7.22. The van der Waals surface area contributed by atoms with Crippen molar-refractivity contribution in [2.75, 3.05) is 0 Å². The molecule has 0 fully saturated rings. The zero-order chi connectivity index (χ0) is 22.3. The minimum absolute atomic E-state index is 0.282. The Hall–Kier alpha value is -0.930. The SMILES string of the molecule is CCCCCCCCC1(CCCCCCCC)C(=O)c2cc(C)sc2-c2sc(C)cc21. The van der Waals surface area contributed by atoms with Gasteiger partial charge in [0.15, 0.2) is 5.78 Å². The maximum atomic E-state index is 14.1. The molecule has 1 nitrogen and oxygen atoms in total. The van der Waals surface area contributed by atoms with Crippen LogP contribution in [0.2, 0.25) is 0 Å². The molecule has 0 N–H and O–H groups in total. The molecule has 0 atom stereocenters. The minimum atomic E-state index is -0.282. The zero-order valence-corrected chi connectivity index (χ0v) is 21.9. The van der Waals surface area contributed by atoms with Gasteiger partial charge in [0, 0.05) is 20.2 Å². The summed E-state index contributed by atoms with van der Waals surface area (Å²) in [4.78, 5) is 19.3. The molecule has 0 saturated carbocycles. The van der Waals surface area contributed by atoms with Crippen LogP contribution in [0, 0.1) is 13.8 Å². The predicted octanol–water partition coefficient (Wildman–Crippen LogP) is 10.0. The number of hydrogen-bond acceptors (Lipinski definition) is 3. The molecule has 2 heterocycles. The molecule has 0 spiro atoms. The lowest BCUT2D eigenvalue weighted by Gasteiger charge is -2.36. The number of unbranched alkanes of at least 4 members (excludes halogenated alkanes) is 10. The summed E-state index contributed by atoms with van der Waals surface area (Å²) >= 11 is 3.72. The van der Waals surface area contributed by atoms with Gasteiger partial charge in [-0.1, -0.05) is 90.9 Å². The number of aryl methyl sites for hydroxylation is 2. The molecule has 1 aliphatic carbocycles. The molecule has 0 unspecified atom stereocenters. The van der Waals surface area contributed by atoms with Gasteiger partial charge in [0.05, 0.1) is 10.3 Å². The van der Waals surface area contributed by atoms with Crippen molar-refractivity contribution in [2.24, 2.45) is 0 Å². The summed E-state index contributed by atoms with van der Waals surface area (Å²) in [6.07, 6.45) is 17.5. The first-order valence-corrected chi connectivity index (χ1v) is 14.4. The van der Waals surface area contributed by atoms with Crippen LogP contribution in [0.5, 0.6) is 0 Å². The number of rotatable bonds is 14. The van der Waals surface area contributed by atoms with Crippen molar-refractivity contribution in [1.29, 1.82) is 0 Å². The van der Waals surface area contributed by atoms with E-state index in [-0.39, 0.29) is 5.41 Å². The van der Waals surface area contributed by atoms with E-state index in [4.69, 9.17) is 0 Å². The van der Waals surface area contributed by atoms with Gasteiger partial charge in [-0.2, -0.15) is 0 Å². The van der Waals surface area contributed by atoms with Gasteiger partial charge in [-0.25, -0.2) is 0 Å². The molecule has 2 aromatic rings. The number of carbonyl (C=O) groups excluding carboxylic acids is 1. The average molecular weight is 459 g/mol. The predicted molar refractivity (Wildman–Crippen MR) is 139 cm³/mol. The summed E-state index contributed by atoms with van der Waals surface area (Å²) in [5, 5.41) is 0. The third-order valence-electron chi connectivity index (χ3n) is 7.03. The Morgan fingerprint density at radius 1 is 0.677 bits per heavy atom. The summed E-state index contributed by atoms with van der Waals surface area (Å²) in [5.41, 5.74) is 2.11. The van der Waals surface area contributed by atoms with E-state index in [1.165, 1.54) is 102 Å². The van der Waals surface area contributed by atoms with Gasteiger partial charge in [0.25, 0.3) is 0 Å². The molecular formula is C28H42OS2. The Labute approximate surface area is 198 Å². The van der Waals surface area contributed by atoms with E-state index in [0.717, 1.165) is 18.4 Å². The van der Waals surface area contributed by atoms with Crippen molar-refractivity contribution < 1.29 is 4.79 Å². The van der Waals surface area contributed by atoms with E-state index >= 15 is 0 Å². The summed E-state index contributed by atoms with van der Waals surface area (Å²) < 4.78 is 0. The van der Waals surface area contributed by atoms with Gasteiger partial charge >= 0.3 is 0 Å². The lowest BCUT2D eigenvalue weighted by atomic mass is 9.65. The Morgan fingerprint density at radius 2 is 1.16 bits per heavy atom. The molecule has 1 aliphatic rings. The van der Waals surface area contributed by atoms with E-state index in [1.807, 2.05) is 22.7 Å². The monoisotopic (exact) mass is 458 g/mol. The Balaban J connectivity index is 1.82. The highest BCUT2D eigenvalue weighted by atomic mass is 32.1. The molecule has 0 radical (unpaired) electrons. The van der Waals surface area contributed by atoms with Gasteiger partial charge in [0.2, 0.25) is 0 Å². The maximum Gasteiger partial charge on any atom is 0.174 e. The Bertz CT molecular complexity index is 825. The summed E-state index contributed by atoms with van der Waals surface area (Å²) in [6, 6.07) is 4.54. The fourth-order valence-corrected chi connectivity index (χ4v) is 7.58. The quantitative estimate of drug-likeness (QED) is 0.257. The number of carbonyl (C=O) groups is 1. The minimum Gasteiger partial charge on any atom is -0.293 e. The second-order valence-corrected chi connectivity index (χ2v) is 12.2. The standard InChI is InChI=1S/C28H42OS2/c1-5-7-9-11-13-15-17-28(18-16-14-12-10-8-6-2)24-20-22(4)31-26(24)25-23(27(28)29)19-21(3)30-25/h19-20H,5-18H2,1-4H3. The first-order chi connectivity index (χ1) is 15.0.